The van der Waals surface area contributed by atoms with Crippen LogP contribution in [-0.4, -0.2) is 73.5 Å². The molecule has 1 fully saturated rings. The van der Waals surface area contributed by atoms with E-state index >= 15 is 0 Å². The van der Waals surface area contributed by atoms with Crippen molar-refractivity contribution in [2.45, 2.75) is 100 Å². The van der Waals surface area contributed by atoms with Crippen LogP contribution in [0, 0.1) is 11.8 Å². The van der Waals surface area contributed by atoms with Crippen molar-refractivity contribution in [2.75, 3.05) is 33.3 Å². The third-order valence-corrected chi connectivity index (χ3v) is 5.74. The Balaban J connectivity index is 0. The van der Waals surface area contributed by atoms with E-state index in [1.54, 1.807) is 27.0 Å². The number of ether oxygens (including phenoxy) is 1. The fraction of sp³-hybridized carbons (Fsp3) is 0.815. The molecule has 7 nitrogen and oxygen atoms in total. The number of carbonyl (C=O) groups excluding carboxylic acids is 3. The Labute approximate surface area is 209 Å². The van der Waals surface area contributed by atoms with Crippen LogP contribution in [0.5, 0.6) is 0 Å². The number of amides is 2. The summed E-state index contributed by atoms with van der Waals surface area (Å²) in [5.74, 6) is 0.504. The molecule has 0 spiro atoms. The van der Waals surface area contributed by atoms with Gasteiger partial charge in [-0.05, 0) is 58.9 Å². The van der Waals surface area contributed by atoms with Crippen LogP contribution in [-0.2, 0) is 19.1 Å². The second-order valence-corrected chi connectivity index (χ2v) is 9.52. The molecular weight excluding hydrogens is 430 g/mol. The molecule has 1 aliphatic rings. The van der Waals surface area contributed by atoms with Crippen LogP contribution in [0.25, 0.3) is 0 Å². The number of piperidine rings is 1. The summed E-state index contributed by atoms with van der Waals surface area (Å²) in [5, 5.41) is 2.34. The lowest BCUT2D eigenvalue weighted by Crippen LogP contribution is -2.43. The highest BCUT2D eigenvalue weighted by atomic mass is 16.5. The van der Waals surface area contributed by atoms with Gasteiger partial charge in [0, 0.05) is 25.2 Å². The number of nitrogens with zero attached hydrogens (tertiary/aromatic N) is 2. The van der Waals surface area contributed by atoms with E-state index in [2.05, 4.69) is 44.8 Å². The van der Waals surface area contributed by atoms with Crippen LogP contribution in [0.1, 0.15) is 88.0 Å². The van der Waals surface area contributed by atoms with Gasteiger partial charge in [0.25, 0.3) is 0 Å². The minimum absolute atomic E-state index is 0.0600. The first-order valence-electron chi connectivity index (χ1n) is 13.0. The van der Waals surface area contributed by atoms with E-state index in [0.29, 0.717) is 18.6 Å². The first-order valence-corrected chi connectivity index (χ1v) is 13.0. The van der Waals surface area contributed by atoms with Gasteiger partial charge in [0.05, 0.1) is 19.2 Å². The topological polar surface area (TPSA) is 79.0 Å². The van der Waals surface area contributed by atoms with Crippen molar-refractivity contribution < 1.29 is 19.1 Å². The Morgan fingerprint density at radius 1 is 1.15 bits per heavy atom. The molecule has 1 heterocycles. The van der Waals surface area contributed by atoms with Crippen molar-refractivity contribution in [1.82, 2.24) is 15.1 Å². The van der Waals surface area contributed by atoms with Crippen LogP contribution in [0.4, 0.5) is 0 Å². The monoisotopic (exact) mass is 483 g/mol. The molecule has 0 saturated carbocycles. The number of nitrogens with one attached hydrogen (secondary N) is 1. The van der Waals surface area contributed by atoms with E-state index in [-0.39, 0.29) is 30.4 Å². The molecule has 200 valence electrons. The lowest BCUT2D eigenvalue weighted by Gasteiger charge is -2.34. The summed E-state index contributed by atoms with van der Waals surface area (Å²) in [4.78, 5) is 37.8. The first kappa shape index (κ1) is 34.3. The summed E-state index contributed by atoms with van der Waals surface area (Å²) in [6, 6.07) is 0.518. The third-order valence-electron chi connectivity index (χ3n) is 5.74. The number of hydrogen-bond donors (Lipinski definition) is 1. The van der Waals surface area contributed by atoms with Gasteiger partial charge in [-0.1, -0.05) is 53.5 Å². The molecule has 0 radical (unpaired) electrons. The quantitative estimate of drug-likeness (QED) is 0.278. The van der Waals surface area contributed by atoms with Crippen LogP contribution < -0.4 is 5.32 Å². The molecule has 0 aromatic heterocycles. The van der Waals surface area contributed by atoms with Crippen LogP contribution >= 0.6 is 0 Å². The molecule has 7 heteroatoms. The molecule has 2 amide bonds. The van der Waals surface area contributed by atoms with Crippen molar-refractivity contribution in [2.24, 2.45) is 11.8 Å². The average molecular weight is 484 g/mol. The predicted octanol–water partition coefficient (Wildman–Crippen LogP) is 4.66. The fourth-order valence-electron chi connectivity index (χ4n) is 3.64. The summed E-state index contributed by atoms with van der Waals surface area (Å²) in [7, 11) is 1.65. The number of likely N-dealkylation sites (N-methyl/N-ethyl adjacent to an activating group) is 1. The highest BCUT2D eigenvalue weighted by Crippen LogP contribution is 2.20. The Bertz CT molecular complexity index is 590. The predicted molar refractivity (Wildman–Crippen MR) is 142 cm³/mol. The summed E-state index contributed by atoms with van der Waals surface area (Å²) in [6.07, 6.45) is 7.69. The number of rotatable bonds is 10. The average Bonchev–Trinajstić information content (AvgIpc) is 2.81. The molecule has 0 unspecified atom stereocenters. The summed E-state index contributed by atoms with van der Waals surface area (Å²) in [5.41, 5.74) is 0.466. The lowest BCUT2D eigenvalue weighted by atomic mass is 9.95. The van der Waals surface area contributed by atoms with Gasteiger partial charge in [0.1, 0.15) is 0 Å². The second kappa shape index (κ2) is 20.5. The number of carbonyl (C=O) groups is 3. The minimum Gasteiger partial charge on any atom is -0.463 e. The molecule has 34 heavy (non-hydrogen) atoms. The third kappa shape index (κ3) is 15.1. The van der Waals surface area contributed by atoms with E-state index in [1.165, 1.54) is 43.7 Å². The Hall–Kier alpha value is -1.89. The van der Waals surface area contributed by atoms with E-state index in [4.69, 9.17) is 4.74 Å². The molecular formula is C27H53N3O4. The molecule has 0 aromatic rings. The van der Waals surface area contributed by atoms with Gasteiger partial charge in [-0.25, -0.2) is 4.79 Å². The number of likely N-dealkylation sites (tertiary alicyclic amines) is 1. The van der Waals surface area contributed by atoms with Crippen LogP contribution in [0.15, 0.2) is 11.6 Å². The normalized spacial score (nSPS) is 17.1. The minimum atomic E-state index is -0.384. The highest BCUT2D eigenvalue weighted by molar-refractivity contribution is 5.88. The molecule has 0 aromatic carbocycles. The van der Waals surface area contributed by atoms with Gasteiger partial charge in [0.15, 0.2) is 0 Å². The molecule has 1 aliphatic heterocycles. The standard InChI is InChI=1S/C14H24N2O4.C10H21N.C3H8/c1-6-20-14(19)11(4)7-12(10(2)3)16(5)13(18)8-15-9-17;1-4-10-6-5-7-11(8-10)9(2)3;1-3-2/h7,9-10,12H,6,8H2,1-5H3,(H,15,17);9-10H,4-8H2,1-3H3;3H2,1-2H3/b11-7+;;/t12-;10-;/m10./s1. The van der Waals surface area contributed by atoms with Gasteiger partial charge >= 0.3 is 5.97 Å². The fourth-order valence-corrected chi connectivity index (χ4v) is 3.64. The van der Waals surface area contributed by atoms with Gasteiger partial charge in [-0.2, -0.15) is 0 Å². The zero-order valence-corrected chi connectivity index (χ0v) is 23.6. The van der Waals surface area contributed by atoms with Gasteiger partial charge < -0.3 is 19.9 Å². The summed E-state index contributed by atoms with van der Waals surface area (Å²) in [6.45, 7) is 21.4. The number of esters is 1. The highest BCUT2D eigenvalue weighted by Gasteiger charge is 2.22. The molecule has 1 rings (SSSR count). The van der Waals surface area contributed by atoms with Crippen LogP contribution in [0.2, 0.25) is 0 Å². The zero-order valence-electron chi connectivity index (χ0n) is 23.6. The molecule has 0 aliphatic carbocycles. The Kier molecular flexibility index (Phi) is 20.6. The van der Waals surface area contributed by atoms with Crippen molar-refractivity contribution in [1.29, 1.82) is 0 Å². The lowest BCUT2D eigenvalue weighted by molar-refractivity contribution is -0.138. The first-order chi connectivity index (χ1) is 16.0. The molecule has 0 bridgehead atoms. The van der Waals surface area contributed by atoms with Gasteiger partial charge in [-0.15, -0.1) is 0 Å². The van der Waals surface area contributed by atoms with E-state index < -0.39 is 0 Å². The zero-order chi connectivity index (χ0) is 26.7. The van der Waals surface area contributed by atoms with Crippen molar-refractivity contribution in [3.8, 4) is 0 Å². The van der Waals surface area contributed by atoms with Gasteiger partial charge in [-0.3, -0.25) is 9.59 Å². The number of hydrogen-bond acceptors (Lipinski definition) is 5. The Morgan fingerprint density at radius 2 is 1.74 bits per heavy atom. The maximum atomic E-state index is 11.9. The van der Waals surface area contributed by atoms with Crippen LogP contribution in [0.3, 0.4) is 0 Å². The smallest absolute Gasteiger partial charge is 0.333 e. The molecule has 1 saturated heterocycles. The summed E-state index contributed by atoms with van der Waals surface area (Å²) < 4.78 is 4.92. The van der Waals surface area contributed by atoms with Crippen molar-refractivity contribution in [3.63, 3.8) is 0 Å². The Morgan fingerprint density at radius 3 is 2.18 bits per heavy atom. The van der Waals surface area contributed by atoms with Gasteiger partial charge in [0.2, 0.25) is 12.3 Å². The van der Waals surface area contributed by atoms with Crippen molar-refractivity contribution in [3.05, 3.63) is 11.6 Å². The van der Waals surface area contributed by atoms with E-state index in [1.807, 2.05) is 13.8 Å². The van der Waals surface area contributed by atoms with E-state index in [9.17, 15) is 14.4 Å². The van der Waals surface area contributed by atoms with Crippen molar-refractivity contribution >= 4 is 18.3 Å². The SMILES string of the molecule is CCC.CCOC(=O)/C(C)=C/[C@H](C(C)C)N(C)C(=O)CNC=O.CC[C@H]1CCCN(C(C)C)C1. The maximum absolute atomic E-state index is 11.9. The largest absolute Gasteiger partial charge is 0.463 e. The molecule has 1 N–H and O–H groups in total. The molecule has 2 atom stereocenters. The van der Waals surface area contributed by atoms with E-state index in [0.717, 1.165) is 12.0 Å². The second-order valence-electron chi connectivity index (χ2n) is 9.52. The maximum Gasteiger partial charge on any atom is 0.333 e. The summed E-state index contributed by atoms with van der Waals surface area (Å²) >= 11 is 0.